The van der Waals surface area contributed by atoms with E-state index in [0.717, 1.165) is 35.5 Å². The molecule has 0 saturated carbocycles. The minimum Gasteiger partial charge on any atom is -0.507 e. The zero-order chi connectivity index (χ0) is 66.5. The summed E-state index contributed by atoms with van der Waals surface area (Å²) in [6, 6.07) is 5.30. The van der Waals surface area contributed by atoms with Crippen LogP contribution in [-0.2, 0) is 23.8 Å². The number of carboxylic acids is 1. The second kappa shape index (κ2) is 26.6. The zero-order valence-corrected chi connectivity index (χ0v) is 53.1. The number of halogens is 3. The number of fused-ring (bicyclic) bond motifs is 2. The number of piperazine rings is 1. The number of Topliss-reactive ketones (excluding diaryl/α,β-unsaturated/α-hetero) is 1. The summed E-state index contributed by atoms with van der Waals surface area (Å²) in [5.41, 5.74) is -1.91. The van der Waals surface area contributed by atoms with Gasteiger partial charge in [0.05, 0.1) is 57.8 Å². The minimum absolute atomic E-state index is 0.0364. The van der Waals surface area contributed by atoms with Gasteiger partial charge in [-0.1, -0.05) is 59.8 Å². The predicted octanol–water partition coefficient (Wildman–Crippen LogP) is 7.65. The monoisotopic (exact) mass is 1260 g/mol. The molecule has 7 N–H and O–H groups in total. The van der Waals surface area contributed by atoms with Crippen LogP contribution in [0.3, 0.4) is 0 Å². The third kappa shape index (κ3) is 13.2. The fourth-order valence-corrected chi connectivity index (χ4v) is 13.0. The van der Waals surface area contributed by atoms with Crippen molar-refractivity contribution in [1.29, 1.82) is 0 Å². The number of phenols is 2. The molecule has 5 aliphatic rings. The molecule has 4 bridgehead atoms. The van der Waals surface area contributed by atoms with Crippen LogP contribution < -0.4 is 36.4 Å². The number of carbonyl (C=O) groups is 4. The zero-order valence-electron chi connectivity index (χ0n) is 53.1. The Morgan fingerprint density at radius 3 is 2.19 bits per heavy atom. The summed E-state index contributed by atoms with van der Waals surface area (Å²) < 4.78 is 67.9. The number of esters is 1. The number of ether oxygens (including phenoxy) is 4. The van der Waals surface area contributed by atoms with Crippen molar-refractivity contribution in [2.24, 2.45) is 39.6 Å². The fourth-order valence-electron chi connectivity index (χ4n) is 13.0. The van der Waals surface area contributed by atoms with Crippen LogP contribution in [-0.4, -0.2) is 147 Å². The highest BCUT2D eigenvalue weighted by atomic mass is 19.1. The minimum atomic E-state index is -1.96. The summed E-state index contributed by atoms with van der Waals surface area (Å²) in [6.45, 7) is 23.2. The van der Waals surface area contributed by atoms with E-state index in [1.807, 2.05) is 6.92 Å². The molecule has 0 radical (unpaired) electrons. The van der Waals surface area contributed by atoms with E-state index >= 15 is 0 Å². The number of aromatic carboxylic acids is 1. The lowest BCUT2D eigenvalue weighted by Crippen LogP contribution is -2.49. The van der Waals surface area contributed by atoms with Gasteiger partial charge in [-0.25, -0.2) is 18.0 Å². The molecular weight excluding hydrogens is 1180 g/mol. The number of benzene rings is 4. The third-order valence-electron chi connectivity index (χ3n) is 18.1. The number of piperidine rings is 1. The molecule has 2 fully saturated rings. The van der Waals surface area contributed by atoms with Crippen LogP contribution in [0.1, 0.15) is 108 Å². The van der Waals surface area contributed by atoms with E-state index in [2.05, 4.69) is 29.4 Å². The topological polar surface area (TPSA) is 284 Å². The van der Waals surface area contributed by atoms with E-state index in [1.54, 1.807) is 70.7 Å². The average Bonchev–Trinajstić information content (AvgIpc) is 1.58. The van der Waals surface area contributed by atoms with Crippen molar-refractivity contribution in [1.82, 2.24) is 14.8 Å². The maximum atomic E-state index is 14.9. The van der Waals surface area contributed by atoms with Crippen molar-refractivity contribution in [3.05, 3.63) is 128 Å². The van der Waals surface area contributed by atoms with E-state index in [0.29, 0.717) is 57.5 Å². The smallest absolute Gasteiger partial charge is 0.341 e. The Morgan fingerprint density at radius 1 is 0.868 bits per heavy atom. The number of aromatic hydroxyl groups is 2. The number of ketones is 1. The van der Waals surface area contributed by atoms with Gasteiger partial charge in [0.2, 0.25) is 5.43 Å². The van der Waals surface area contributed by atoms with E-state index in [-0.39, 0.29) is 83.7 Å². The Hall–Kier alpha value is -8.16. The number of amides is 1. The molecule has 10 rings (SSSR count). The van der Waals surface area contributed by atoms with Gasteiger partial charge in [-0.15, -0.1) is 0 Å². The van der Waals surface area contributed by atoms with Gasteiger partial charge in [-0.3, -0.25) is 29.2 Å². The first-order chi connectivity index (χ1) is 42.9. The molecule has 5 aromatic rings. The number of pyridine rings is 1. The number of carbonyl (C=O) groups excluding carboxylic acids is 3. The Balaban J connectivity index is 0.000000271. The van der Waals surface area contributed by atoms with Crippen LogP contribution in [0.25, 0.3) is 27.4 Å². The van der Waals surface area contributed by atoms with Crippen molar-refractivity contribution < 1.29 is 76.8 Å². The Morgan fingerprint density at radius 2 is 1.55 bits per heavy atom. The number of rotatable bonds is 7. The molecule has 91 heavy (non-hydrogen) atoms. The number of hydrogen-bond acceptors (Lipinski definition) is 18. The maximum Gasteiger partial charge on any atom is 0.341 e. The summed E-state index contributed by atoms with van der Waals surface area (Å²) in [5, 5.41) is 62.6. The van der Waals surface area contributed by atoms with E-state index in [1.165, 1.54) is 33.3 Å². The molecular formula is C67H80F3N7O14. The number of aliphatic hydroxyl groups is 2. The number of nitrogens with zero attached hydrogens (tertiary/aromatic N) is 5. The Kier molecular flexibility index (Phi) is 19.6. The summed E-state index contributed by atoms with van der Waals surface area (Å²) in [5.74, 6) is -10.4. The Labute approximate surface area is 524 Å². The van der Waals surface area contributed by atoms with Gasteiger partial charge >= 0.3 is 17.7 Å². The number of nitrogens with one attached hydrogen (secondary N) is 2. The first kappa shape index (κ1) is 67.2. The quantitative estimate of drug-likeness (QED) is 0.0608. The molecule has 1 spiro atoms. The first-order valence-corrected chi connectivity index (χ1v) is 30.5. The predicted molar refractivity (Wildman–Crippen MR) is 334 cm³/mol. The molecule has 2 saturated heterocycles. The molecule has 1 unspecified atom stereocenters. The highest BCUT2D eigenvalue weighted by Crippen LogP contribution is 2.50. The summed E-state index contributed by atoms with van der Waals surface area (Å²) in [7, 11) is 1.47. The van der Waals surface area contributed by atoms with Crippen LogP contribution in [0.15, 0.2) is 87.4 Å². The Bertz CT molecular complexity index is 4010. The van der Waals surface area contributed by atoms with Crippen LogP contribution >= 0.6 is 0 Å². The van der Waals surface area contributed by atoms with Gasteiger partial charge in [0, 0.05) is 137 Å². The second-order valence-corrected chi connectivity index (χ2v) is 25.2. The van der Waals surface area contributed by atoms with Crippen molar-refractivity contribution in [2.75, 3.05) is 56.6 Å². The van der Waals surface area contributed by atoms with Gasteiger partial charge in [-0.05, 0) is 57.0 Å². The number of allylic oxidation sites excluding steroid dienone is 2. The lowest BCUT2D eigenvalue weighted by atomic mass is 9.78. The highest BCUT2D eigenvalue weighted by Gasteiger charge is 2.50. The number of phenolic OH excluding ortho intramolecular Hbond substituents is 2. The third-order valence-corrected chi connectivity index (χ3v) is 18.1. The molecule has 1 aromatic heterocycles. The normalized spacial score (nSPS) is 27.4. The molecule has 0 aliphatic carbocycles. The van der Waals surface area contributed by atoms with Crippen LogP contribution in [0.5, 0.6) is 17.2 Å². The number of anilines is 2. The fraction of sp³-hybridized carbons (Fsp3) is 0.478. The second-order valence-electron chi connectivity index (χ2n) is 25.2. The molecule has 21 nitrogen and oxygen atoms in total. The van der Waals surface area contributed by atoms with Crippen molar-refractivity contribution in [2.45, 2.75) is 131 Å². The van der Waals surface area contributed by atoms with Crippen molar-refractivity contribution in [3.8, 4) is 22.9 Å². The highest BCUT2D eigenvalue weighted by molar-refractivity contribution is 6.19. The molecule has 1 amide bonds. The van der Waals surface area contributed by atoms with Crippen LogP contribution in [0.2, 0.25) is 0 Å². The summed E-state index contributed by atoms with van der Waals surface area (Å²) >= 11 is 0. The number of aliphatic hydroxyl groups excluding tert-OH is 2. The van der Waals surface area contributed by atoms with Crippen LogP contribution in [0.4, 0.5) is 24.5 Å². The molecule has 4 aromatic carbocycles. The molecule has 10 atom stereocenters. The van der Waals surface area contributed by atoms with Gasteiger partial charge < -0.3 is 69.5 Å². The number of aromatic nitrogens is 1. The average molecular weight is 1260 g/mol. The number of methoxy groups -OCH3 is 1. The van der Waals surface area contributed by atoms with E-state index < -0.39 is 117 Å². The first-order valence-electron chi connectivity index (χ1n) is 30.5. The molecule has 488 valence electrons. The van der Waals surface area contributed by atoms with Crippen LogP contribution in [0, 0.1) is 54.0 Å². The molecule has 24 heteroatoms. The number of carboxylic acid groups (broad SMARTS) is 1. The van der Waals surface area contributed by atoms with E-state index in [4.69, 9.17) is 28.9 Å². The van der Waals surface area contributed by atoms with Crippen molar-refractivity contribution >= 4 is 56.7 Å². The summed E-state index contributed by atoms with van der Waals surface area (Å²) in [4.78, 5) is 79.7. The number of likely N-dealkylation sites (tertiary alicyclic amines) is 1. The largest absolute Gasteiger partial charge is 0.507 e. The standard InChI is InChI=1S/C46H62N4O11.C21H18F3N3O3/c1-22(2)21-50-18-16-46(17-19-50)48-34-31-32-39(54)28(8)42-33(31)43(56)45(10,61-42)59-20-15-30(58-11)25(5)41(60-29(9)51)27(7)38(53)26(6)37(52)23(3)13-12-14-24(4)44(57)47-36(40(32)55)35(34)49-46;1-11-9-26(5-4-25-11)19-8-18-13(7-16(19)24)20(28)14(21(29)30)10-27(18)17-3-2-12(22)6-15(17)23/h12-15,20,22-23,25-27,30,37-38,41,52-55H,16-19,21H2,1-11H3,(H,47,57);2-3,6-8,10-11,25H,4-5,9H2,1H3,(H,29,30)/b13-12+,20-15+,24-14-;/t23-,25+,26+,27+,30-,37-,38+,41+,45-;/m0./s1. The van der Waals surface area contributed by atoms with E-state index in [9.17, 15) is 62.7 Å². The lowest BCUT2D eigenvalue weighted by molar-refractivity contribution is -0.160. The molecule has 6 heterocycles. The van der Waals surface area contributed by atoms with Crippen molar-refractivity contribution in [3.63, 3.8) is 0 Å². The number of hydrogen-bond donors (Lipinski definition) is 7. The van der Waals surface area contributed by atoms with Gasteiger partial charge in [0.15, 0.2) is 11.4 Å². The van der Waals surface area contributed by atoms with Gasteiger partial charge in [0.1, 0.15) is 51.7 Å². The maximum absolute atomic E-state index is 14.9. The SMILES string of the molecule is CC1CN(c2cc3c(cc2F)c(=O)c(C(=O)O)cn3-c2ccc(F)cc2F)CCN1.CO[C@H]1/C=C/O[C@@]2(C)Oc3c(C)c(O)c4c(O)c(c5c(c4c3C2=O)=NC2(CCN(CC(C)C)CC2)N=5)NC(=O)/C(C)=C\C=C\[C@H](C)[C@H](O)[C@@H](C)[C@@H](O)[C@@H](C)[C@H](OC(C)=O)[C@@H]1C. The van der Waals surface area contributed by atoms with Gasteiger partial charge in [0.25, 0.3) is 11.7 Å². The lowest BCUT2D eigenvalue weighted by Gasteiger charge is -2.38. The molecule has 5 aliphatic heterocycles. The summed E-state index contributed by atoms with van der Waals surface area (Å²) in [6.07, 6.45) is 6.01. The van der Waals surface area contributed by atoms with Gasteiger partial charge in [-0.2, -0.15) is 0 Å².